The summed E-state index contributed by atoms with van der Waals surface area (Å²) in [7, 11) is 6.09. The first-order valence-corrected chi connectivity index (χ1v) is 10.1. The first-order chi connectivity index (χ1) is 15.0. The van der Waals surface area contributed by atoms with Crippen LogP contribution in [-0.4, -0.2) is 38.4 Å². The van der Waals surface area contributed by atoms with E-state index in [0.717, 1.165) is 11.3 Å². The van der Waals surface area contributed by atoms with Gasteiger partial charge in [0.05, 0.1) is 34.1 Å². The quantitative estimate of drug-likeness (QED) is 0.419. The number of hydrogen-bond donors (Lipinski definition) is 1. The third-order valence-electron chi connectivity index (χ3n) is 4.46. The van der Waals surface area contributed by atoms with Gasteiger partial charge in [-0.2, -0.15) is 5.26 Å². The van der Waals surface area contributed by atoms with Crippen LogP contribution in [0.15, 0.2) is 46.3 Å². The van der Waals surface area contributed by atoms with Gasteiger partial charge < -0.3 is 23.9 Å². The van der Waals surface area contributed by atoms with Crippen LogP contribution in [0, 0.1) is 11.3 Å². The molecule has 0 saturated carbocycles. The van der Waals surface area contributed by atoms with Gasteiger partial charge >= 0.3 is 0 Å². The van der Waals surface area contributed by atoms with E-state index in [1.807, 2.05) is 30.3 Å². The summed E-state index contributed by atoms with van der Waals surface area (Å²) < 4.78 is 21.4. The van der Waals surface area contributed by atoms with Crippen LogP contribution in [-0.2, 0) is 5.75 Å². The van der Waals surface area contributed by atoms with E-state index in [9.17, 15) is 10.1 Å². The lowest BCUT2D eigenvalue weighted by atomic mass is 10.1. The molecule has 0 radical (unpaired) electrons. The molecule has 3 aromatic rings. The topological polar surface area (TPSA) is 106 Å². The minimum atomic E-state index is -0.519. The fourth-order valence-corrected chi connectivity index (χ4v) is 3.77. The number of nitriles is 1. The zero-order chi connectivity index (χ0) is 22.4. The monoisotopic (exact) mass is 439 g/mol. The Balaban J connectivity index is 2.04. The smallest absolute Gasteiger partial charge is 0.270 e. The van der Waals surface area contributed by atoms with E-state index >= 15 is 0 Å². The van der Waals surface area contributed by atoms with E-state index in [-0.39, 0.29) is 11.3 Å². The molecule has 3 rings (SSSR count). The van der Waals surface area contributed by atoms with Gasteiger partial charge in [0.2, 0.25) is 5.75 Å². The Kier molecular flexibility index (Phi) is 7.05. The van der Waals surface area contributed by atoms with Gasteiger partial charge in [-0.15, -0.1) is 0 Å². The standard InChI is InChI=1S/C22H21N3O5S/c1-27-15-7-5-6-13(8-15)12-31-22-24-19(16(11-23)21(26)25-22)14-9-17(28-2)20(30-4)18(10-14)29-3/h5-10H,12H2,1-4H3,(H,24,25,26). The van der Waals surface area contributed by atoms with E-state index in [1.54, 1.807) is 19.2 Å². The minimum Gasteiger partial charge on any atom is -0.497 e. The van der Waals surface area contributed by atoms with Crippen LogP contribution >= 0.6 is 11.8 Å². The molecule has 0 bridgehead atoms. The summed E-state index contributed by atoms with van der Waals surface area (Å²) in [5, 5.41) is 9.94. The molecule has 9 heteroatoms. The zero-order valence-corrected chi connectivity index (χ0v) is 18.3. The predicted molar refractivity (Wildman–Crippen MR) is 117 cm³/mol. The molecule has 1 heterocycles. The number of benzene rings is 2. The second-order valence-electron chi connectivity index (χ2n) is 6.26. The highest BCUT2D eigenvalue weighted by Crippen LogP contribution is 2.41. The van der Waals surface area contributed by atoms with Gasteiger partial charge in [-0.3, -0.25) is 4.79 Å². The SMILES string of the molecule is COc1cccc(CSc2nc(-c3cc(OC)c(OC)c(OC)c3)c(C#N)c(=O)[nH]2)c1. The minimum absolute atomic E-state index is 0.0972. The van der Waals surface area contributed by atoms with Gasteiger partial charge in [-0.1, -0.05) is 23.9 Å². The van der Waals surface area contributed by atoms with Crippen LogP contribution in [0.2, 0.25) is 0 Å². The lowest BCUT2D eigenvalue weighted by Crippen LogP contribution is -2.15. The Hall–Kier alpha value is -3.64. The van der Waals surface area contributed by atoms with E-state index in [0.29, 0.717) is 33.7 Å². The summed E-state index contributed by atoms with van der Waals surface area (Å²) in [5.41, 5.74) is 1.12. The maximum atomic E-state index is 12.6. The maximum Gasteiger partial charge on any atom is 0.270 e. The molecule has 2 aromatic carbocycles. The average molecular weight is 439 g/mol. The normalized spacial score (nSPS) is 10.3. The predicted octanol–water partition coefficient (Wildman–Crippen LogP) is 3.64. The number of rotatable bonds is 8. The molecule has 0 aliphatic rings. The van der Waals surface area contributed by atoms with Crippen LogP contribution in [0.1, 0.15) is 11.1 Å². The Morgan fingerprint density at radius 1 is 1.03 bits per heavy atom. The fraction of sp³-hybridized carbons (Fsp3) is 0.227. The van der Waals surface area contributed by atoms with E-state index in [1.165, 1.54) is 33.1 Å². The maximum absolute atomic E-state index is 12.6. The number of thioether (sulfide) groups is 1. The number of aromatic amines is 1. The molecule has 31 heavy (non-hydrogen) atoms. The molecule has 0 unspecified atom stereocenters. The molecule has 0 aliphatic carbocycles. The van der Waals surface area contributed by atoms with Crippen LogP contribution in [0.5, 0.6) is 23.0 Å². The Morgan fingerprint density at radius 2 is 1.74 bits per heavy atom. The van der Waals surface area contributed by atoms with Crippen LogP contribution in [0.25, 0.3) is 11.3 Å². The molecule has 0 spiro atoms. The number of hydrogen-bond acceptors (Lipinski definition) is 8. The summed E-state index contributed by atoms with van der Waals surface area (Å²) in [5.74, 6) is 2.50. The Bertz CT molecular complexity index is 1160. The Morgan fingerprint density at radius 3 is 2.32 bits per heavy atom. The van der Waals surface area contributed by atoms with Gasteiger partial charge in [0, 0.05) is 11.3 Å². The highest BCUT2D eigenvalue weighted by molar-refractivity contribution is 7.98. The molecule has 0 aliphatic heterocycles. The second kappa shape index (κ2) is 9.91. The zero-order valence-electron chi connectivity index (χ0n) is 17.5. The first kappa shape index (κ1) is 22.1. The van der Waals surface area contributed by atoms with Gasteiger partial charge in [0.1, 0.15) is 17.4 Å². The highest BCUT2D eigenvalue weighted by Gasteiger charge is 2.19. The number of nitrogens with one attached hydrogen (secondary N) is 1. The number of nitrogens with zero attached hydrogens (tertiary/aromatic N) is 2. The van der Waals surface area contributed by atoms with Crippen molar-refractivity contribution in [3.8, 4) is 40.3 Å². The number of methoxy groups -OCH3 is 4. The average Bonchev–Trinajstić information content (AvgIpc) is 2.81. The van der Waals surface area contributed by atoms with E-state index < -0.39 is 5.56 Å². The molecule has 0 saturated heterocycles. The van der Waals surface area contributed by atoms with Crippen molar-refractivity contribution < 1.29 is 18.9 Å². The number of aromatic nitrogens is 2. The molecule has 0 fully saturated rings. The first-order valence-electron chi connectivity index (χ1n) is 9.15. The third kappa shape index (κ3) is 4.75. The van der Waals surface area contributed by atoms with Crippen molar-refractivity contribution in [2.75, 3.05) is 28.4 Å². The highest BCUT2D eigenvalue weighted by atomic mass is 32.2. The lowest BCUT2D eigenvalue weighted by Gasteiger charge is -2.14. The molecule has 0 amide bonds. The van der Waals surface area contributed by atoms with Crippen molar-refractivity contribution in [2.24, 2.45) is 0 Å². The molecule has 8 nitrogen and oxygen atoms in total. The van der Waals surface area contributed by atoms with Gasteiger partial charge in [-0.05, 0) is 29.8 Å². The Labute approximate surface area is 183 Å². The largest absolute Gasteiger partial charge is 0.497 e. The summed E-state index contributed by atoms with van der Waals surface area (Å²) >= 11 is 1.34. The summed E-state index contributed by atoms with van der Waals surface area (Å²) in [4.78, 5) is 19.8. The van der Waals surface area contributed by atoms with Crippen molar-refractivity contribution in [1.82, 2.24) is 9.97 Å². The van der Waals surface area contributed by atoms with Crippen LogP contribution in [0.3, 0.4) is 0 Å². The summed E-state index contributed by atoms with van der Waals surface area (Å²) in [6, 6.07) is 12.9. The number of ether oxygens (including phenoxy) is 4. The molecule has 0 atom stereocenters. The van der Waals surface area contributed by atoms with E-state index in [4.69, 9.17) is 18.9 Å². The van der Waals surface area contributed by atoms with Crippen molar-refractivity contribution >= 4 is 11.8 Å². The van der Waals surface area contributed by atoms with Gasteiger partial charge in [0.15, 0.2) is 16.7 Å². The molecule has 1 N–H and O–H groups in total. The molecular weight excluding hydrogens is 418 g/mol. The second-order valence-corrected chi connectivity index (χ2v) is 7.22. The summed E-state index contributed by atoms with van der Waals surface area (Å²) in [6.45, 7) is 0. The van der Waals surface area contributed by atoms with Crippen molar-refractivity contribution in [3.63, 3.8) is 0 Å². The third-order valence-corrected chi connectivity index (χ3v) is 5.40. The molecule has 160 valence electrons. The molecular formula is C22H21N3O5S. The van der Waals surface area contributed by atoms with Gasteiger partial charge in [0.25, 0.3) is 5.56 Å². The van der Waals surface area contributed by atoms with Crippen molar-refractivity contribution in [1.29, 1.82) is 5.26 Å². The summed E-state index contributed by atoms with van der Waals surface area (Å²) in [6.07, 6.45) is 0. The van der Waals surface area contributed by atoms with E-state index in [2.05, 4.69) is 9.97 Å². The van der Waals surface area contributed by atoms with Crippen LogP contribution in [0.4, 0.5) is 0 Å². The van der Waals surface area contributed by atoms with Crippen molar-refractivity contribution in [3.05, 3.63) is 57.9 Å². The fourth-order valence-electron chi connectivity index (χ4n) is 2.97. The number of H-pyrrole nitrogens is 1. The van der Waals surface area contributed by atoms with Crippen molar-refractivity contribution in [2.45, 2.75) is 10.9 Å². The molecule has 1 aromatic heterocycles. The van der Waals surface area contributed by atoms with Gasteiger partial charge in [-0.25, -0.2) is 4.98 Å². The van der Waals surface area contributed by atoms with Crippen LogP contribution < -0.4 is 24.5 Å². The lowest BCUT2D eigenvalue weighted by molar-refractivity contribution is 0.324.